The number of hydrogen-bond acceptors (Lipinski definition) is 4. The average Bonchev–Trinajstić information content (AvgIpc) is 2.54. The molecular weight excluding hydrogens is 376 g/mol. The van der Waals surface area contributed by atoms with Gasteiger partial charge < -0.3 is 10.1 Å². The molecule has 0 unspecified atom stereocenters. The summed E-state index contributed by atoms with van der Waals surface area (Å²) < 4.78 is 31.7. The monoisotopic (exact) mass is 402 g/mol. The third kappa shape index (κ3) is 5.11. The third-order valence-corrected chi connectivity index (χ3v) is 7.14. The number of rotatable bonds is 5. The van der Waals surface area contributed by atoms with Gasteiger partial charge in [-0.25, -0.2) is 13.1 Å². The van der Waals surface area contributed by atoms with Crippen molar-refractivity contribution in [1.82, 2.24) is 4.72 Å². The Kier molecular flexibility index (Phi) is 6.58. The second-order valence-electron chi connectivity index (χ2n) is 7.62. The standard InChI is InChI=1S/C18H27ClN2O4S/c1-18(2,3)26(23,24)21-14-8-5-12(6-9-14)17(22)20-15-11-13(19)7-10-16(15)25-4/h7,10-12,14,21H,5-6,8-9H2,1-4H3,(H,20,22)/t12-,14-. The number of methoxy groups -OCH3 is 1. The third-order valence-electron chi connectivity index (χ3n) is 4.65. The Bertz CT molecular complexity index is 751. The highest BCUT2D eigenvalue weighted by atomic mass is 35.5. The fourth-order valence-electron chi connectivity index (χ4n) is 2.88. The van der Waals surface area contributed by atoms with Crippen molar-refractivity contribution in [3.63, 3.8) is 0 Å². The normalized spacial score (nSPS) is 21.3. The molecule has 1 aromatic carbocycles. The number of halogens is 1. The summed E-state index contributed by atoms with van der Waals surface area (Å²) in [5, 5.41) is 3.39. The first-order valence-electron chi connectivity index (χ1n) is 8.70. The lowest BCUT2D eigenvalue weighted by atomic mass is 9.86. The van der Waals surface area contributed by atoms with Crippen molar-refractivity contribution in [3.05, 3.63) is 23.2 Å². The van der Waals surface area contributed by atoms with Crippen LogP contribution in [0.4, 0.5) is 5.69 Å². The predicted molar refractivity (Wildman–Crippen MR) is 104 cm³/mol. The second kappa shape index (κ2) is 8.15. The molecule has 1 fully saturated rings. The molecule has 2 N–H and O–H groups in total. The molecule has 2 rings (SSSR count). The summed E-state index contributed by atoms with van der Waals surface area (Å²) >= 11 is 5.99. The number of ether oxygens (including phenoxy) is 1. The molecule has 0 aliphatic heterocycles. The molecule has 0 saturated heterocycles. The SMILES string of the molecule is COc1ccc(Cl)cc1NC(=O)[C@H]1CC[C@H](NS(=O)(=O)C(C)(C)C)CC1. The number of anilines is 1. The molecule has 1 saturated carbocycles. The minimum absolute atomic E-state index is 0.0947. The van der Waals surface area contributed by atoms with E-state index in [1.54, 1.807) is 39.0 Å². The van der Waals surface area contributed by atoms with E-state index in [9.17, 15) is 13.2 Å². The van der Waals surface area contributed by atoms with Crippen LogP contribution in [0.1, 0.15) is 46.5 Å². The zero-order valence-corrected chi connectivity index (χ0v) is 17.2. The highest BCUT2D eigenvalue weighted by molar-refractivity contribution is 7.90. The van der Waals surface area contributed by atoms with E-state index in [-0.39, 0.29) is 17.9 Å². The average molecular weight is 403 g/mol. The maximum absolute atomic E-state index is 12.5. The van der Waals surface area contributed by atoms with Gasteiger partial charge in [0.25, 0.3) is 0 Å². The molecule has 0 heterocycles. The molecule has 1 aliphatic rings. The lowest BCUT2D eigenvalue weighted by Gasteiger charge is -2.30. The number of carbonyl (C=O) groups is 1. The lowest BCUT2D eigenvalue weighted by molar-refractivity contribution is -0.120. The molecule has 0 spiro atoms. The van der Waals surface area contributed by atoms with E-state index in [0.717, 1.165) is 0 Å². The number of benzene rings is 1. The van der Waals surface area contributed by atoms with E-state index in [1.807, 2.05) is 0 Å². The van der Waals surface area contributed by atoms with Gasteiger partial charge >= 0.3 is 0 Å². The van der Waals surface area contributed by atoms with Crippen molar-refractivity contribution in [2.75, 3.05) is 12.4 Å². The van der Waals surface area contributed by atoms with E-state index in [0.29, 0.717) is 42.1 Å². The summed E-state index contributed by atoms with van der Waals surface area (Å²) in [6.45, 7) is 5.02. The highest BCUT2D eigenvalue weighted by Crippen LogP contribution is 2.31. The number of carbonyl (C=O) groups excluding carboxylic acids is 1. The Morgan fingerprint density at radius 3 is 2.35 bits per heavy atom. The van der Waals surface area contributed by atoms with Gasteiger partial charge in [-0.2, -0.15) is 0 Å². The van der Waals surface area contributed by atoms with Crippen LogP contribution in [0.2, 0.25) is 5.02 Å². The van der Waals surface area contributed by atoms with Gasteiger partial charge in [-0.15, -0.1) is 0 Å². The molecule has 0 aromatic heterocycles. The van der Waals surface area contributed by atoms with Crippen molar-refractivity contribution in [3.8, 4) is 5.75 Å². The maximum atomic E-state index is 12.5. The fourth-order valence-corrected chi connectivity index (χ4v) is 4.08. The Morgan fingerprint density at radius 2 is 1.81 bits per heavy atom. The van der Waals surface area contributed by atoms with Gasteiger partial charge in [0, 0.05) is 17.0 Å². The van der Waals surface area contributed by atoms with Gasteiger partial charge in [-0.05, 0) is 64.7 Å². The number of hydrogen-bond donors (Lipinski definition) is 2. The molecule has 1 aromatic rings. The van der Waals surface area contributed by atoms with Crippen molar-refractivity contribution >= 4 is 33.2 Å². The van der Waals surface area contributed by atoms with Crippen LogP contribution in [-0.4, -0.2) is 32.2 Å². The Morgan fingerprint density at radius 1 is 1.19 bits per heavy atom. The van der Waals surface area contributed by atoms with E-state index < -0.39 is 14.8 Å². The smallest absolute Gasteiger partial charge is 0.227 e. The van der Waals surface area contributed by atoms with Gasteiger partial charge in [0.1, 0.15) is 5.75 Å². The zero-order valence-electron chi connectivity index (χ0n) is 15.6. The minimum atomic E-state index is -3.38. The minimum Gasteiger partial charge on any atom is -0.495 e. The number of sulfonamides is 1. The Labute approximate surface area is 160 Å². The van der Waals surface area contributed by atoms with E-state index in [1.165, 1.54) is 7.11 Å². The van der Waals surface area contributed by atoms with Crippen molar-refractivity contribution in [2.24, 2.45) is 5.92 Å². The van der Waals surface area contributed by atoms with Crippen LogP contribution in [0.25, 0.3) is 0 Å². The van der Waals surface area contributed by atoms with Gasteiger partial charge in [0.2, 0.25) is 15.9 Å². The summed E-state index contributed by atoms with van der Waals surface area (Å²) in [4.78, 5) is 12.5. The van der Waals surface area contributed by atoms with Crippen LogP contribution in [0, 0.1) is 5.92 Å². The summed E-state index contributed by atoms with van der Waals surface area (Å²) in [7, 11) is -1.85. The second-order valence-corrected chi connectivity index (χ2v) is 10.5. The van der Waals surface area contributed by atoms with Crippen LogP contribution in [0.15, 0.2) is 18.2 Å². The van der Waals surface area contributed by atoms with E-state index in [4.69, 9.17) is 16.3 Å². The summed E-state index contributed by atoms with van der Waals surface area (Å²) in [5.41, 5.74) is 0.542. The molecule has 1 aliphatic carbocycles. The fraction of sp³-hybridized carbons (Fsp3) is 0.611. The Hall–Kier alpha value is -1.31. The van der Waals surface area contributed by atoms with Crippen LogP contribution in [0.5, 0.6) is 5.75 Å². The van der Waals surface area contributed by atoms with Gasteiger partial charge in [-0.1, -0.05) is 11.6 Å². The van der Waals surface area contributed by atoms with Crippen LogP contribution in [0.3, 0.4) is 0 Å². The molecule has 146 valence electrons. The van der Waals surface area contributed by atoms with E-state index in [2.05, 4.69) is 10.0 Å². The van der Waals surface area contributed by atoms with Crippen LogP contribution < -0.4 is 14.8 Å². The molecule has 6 nitrogen and oxygen atoms in total. The number of nitrogens with one attached hydrogen (secondary N) is 2. The molecule has 0 radical (unpaired) electrons. The molecular formula is C18H27ClN2O4S. The quantitative estimate of drug-likeness (QED) is 0.788. The van der Waals surface area contributed by atoms with Crippen molar-refractivity contribution in [1.29, 1.82) is 0 Å². The zero-order chi connectivity index (χ0) is 19.5. The first-order chi connectivity index (χ1) is 12.0. The Balaban J connectivity index is 1.94. The highest BCUT2D eigenvalue weighted by Gasteiger charge is 2.34. The van der Waals surface area contributed by atoms with Crippen molar-refractivity contribution < 1.29 is 17.9 Å². The maximum Gasteiger partial charge on any atom is 0.227 e. The molecule has 1 amide bonds. The molecule has 8 heteroatoms. The van der Waals surface area contributed by atoms with Crippen molar-refractivity contribution in [2.45, 2.75) is 57.2 Å². The lowest BCUT2D eigenvalue weighted by Crippen LogP contribution is -2.46. The van der Waals surface area contributed by atoms with Gasteiger partial charge in [-0.3, -0.25) is 4.79 Å². The predicted octanol–water partition coefficient (Wildman–Crippen LogP) is 3.56. The van der Waals surface area contributed by atoms with Crippen LogP contribution >= 0.6 is 11.6 Å². The summed E-state index contributed by atoms with van der Waals surface area (Å²) in [6, 6.07) is 4.93. The topological polar surface area (TPSA) is 84.5 Å². The summed E-state index contributed by atoms with van der Waals surface area (Å²) in [5.74, 6) is 0.297. The largest absolute Gasteiger partial charge is 0.495 e. The number of amides is 1. The van der Waals surface area contributed by atoms with E-state index >= 15 is 0 Å². The molecule has 26 heavy (non-hydrogen) atoms. The van der Waals surface area contributed by atoms with Gasteiger partial charge in [0.15, 0.2) is 0 Å². The summed E-state index contributed by atoms with van der Waals surface area (Å²) in [6.07, 6.45) is 2.54. The first kappa shape index (κ1) is 21.0. The molecule has 0 atom stereocenters. The molecule has 0 bridgehead atoms. The van der Waals surface area contributed by atoms with Crippen LogP contribution in [-0.2, 0) is 14.8 Å². The first-order valence-corrected chi connectivity index (χ1v) is 10.6. The van der Waals surface area contributed by atoms with Gasteiger partial charge in [0.05, 0.1) is 17.5 Å².